The van der Waals surface area contributed by atoms with Gasteiger partial charge < -0.3 is 10.2 Å². The number of thioether (sulfide) groups is 1. The molecule has 0 aliphatic heterocycles. The Bertz CT molecular complexity index is 849. The molecule has 2 amide bonds. The molecule has 2 rings (SSSR count). The van der Waals surface area contributed by atoms with Crippen molar-refractivity contribution in [2.45, 2.75) is 51.4 Å². The molecule has 31 heavy (non-hydrogen) atoms. The van der Waals surface area contributed by atoms with Gasteiger partial charge in [-0.2, -0.15) is 0 Å². The van der Waals surface area contributed by atoms with Crippen molar-refractivity contribution in [3.8, 4) is 0 Å². The van der Waals surface area contributed by atoms with E-state index in [2.05, 4.69) is 12.2 Å². The van der Waals surface area contributed by atoms with E-state index in [1.807, 2.05) is 43.3 Å². The second kappa shape index (κ2) is 13.7. The fraction of sp³-hybridized carbons (Fsp3) is 0.417. The van der Waals surface area contributed by atoms with E-state index in [1.54, 1.807) is 28.8 Å². The molecule has 7 heteroatoms. The summed E-state index contributed by atoms with van der Waals surface area (Å²) < 4.78 is 0. The van der Waals surface area contributed by atoms with Crippen molar-refractivity contribution in [1.82, 2.24) is 10.2 Å². The van der Waals surface area contributed by atoms with E-state index in [4.69, 9.17) is 23.2 Å². The Morgan fingerprint density at radius 2 is 1.84 bits per heavy atom. The molecule has 4 nitrogen and oxygen atoms in total. The van der Waals surface area contributed by atoms with Crippen molar-refractivity contribution in [3.63, 3.8) is 0 Å². The van der Waals surface area contributed by atoms with E-state index in [0.29, 0.717) is 28.8 Å². The third-order valence-electron chi connectivity index (χ3n) is 4.91. The summed E-state index contributed by atoms with van der Waals surface area (Å²) in [6.45, 7) is 4.87. The van der Waals surface area contributed by atoms with E-state index >= 15 is 0 Å². The summed E-state index contributed by atoms with van der Waals surface area (Å²) in [5.74, 6) is 0.826. The van der Waals surface area contributed by atoms with Gasteiger partial charge in [-0.3, -0.25) is 9.59 Å². The molecule has 0 spiro atoms. The van der Waals surface area contributed by atoms with Crippen LogP contribution in [0.25, 0.3) is 0 Å². The van der Waals surface area contributed by atoms with Crippen LogP contribution in [0.5, 0.6) is 0 Å². The summed E-state index contributed by atoms with van der Waals surface area (Å²) in [7, 11) is 0. The van der Waals surface area contributed by atoms with Crippen LogP contribution in [0.1, 0.15) is 44.2 Å². The van der Waals surface area contributed by atoms with Crippen molar-refractivity contribution in [3.05, 3.63) is 69.7 Å². The van der Waals surface area contributed by atoms with Gasteiger partial charge in [0.2, 0.25) is 11.8 Å². The smallest absolute Gasteiger partial charge is 0.242 e. The Hall–Kier alpha value is -1.69. The minimum absolute atomic E-state index is 0.0792. The fourth-order valence-electron chi connectivity index (χ4n) is 3.17. The number of unbranched alkanes of at least 4 members (excludes halogenated alkanes) is 1. The highest BCUT2D eigenvalue weighted by Crippen LogP contribution is 2.24. The summed E-state index contributed by atoms with van der Waals surface area (Å²) in [5.41, 5.74) is 1.93. The van der Waals surface area contributed by atoms with Crippen LogP contribution in [0, 0.1) is 0 Å². The van der Waals surface area contributed by atoms with Crippen molar-refractivity contribution < 1.29 is 9.59 Å². The van der Waals surface area contributed by atoms with E-state index in [-0.39, 0.29) is 18.4 Å². The largest absolute Gasteiger partial charge is 0.354 e. The maximum absolute atomic E-state index is 13.2. The predicted molar refractivity (Wildman–Crippen MR) is 132 cm³/mol. The monoisotopic (exact) mass is 480 g/mol. The minimum Gasteiger partial charge on any atom is -0.354 e. The molecule has 0 heterocycles. The van der Waals surface area contributed by atoms with Crippen molar-refractivity contribution in [1.29, 1.82) is 0 Å². The van der Waals surface area contributed by atoms with Gasteiger partial charge in [0.1, 0.15) is 6.04 Å². The number of hydrogen-bond acceptors (Lipinski definition) is 3. The first kappa shape index (κ1) is 25.6. The second-order valence-corrected chi connectivity index (χ2v) is 9.13. The van der Waals surface area contributed by atoms with Crippen LogP contribution < -0.4 is 5.32 Å². The molecule has 1 atom stereocenters. The summed E-state index contributed by atoms with van der Waals surface area (Å²) >= 11 is 13.9. The Labute approximate surface area is 199 Å². The number of halogens is 2. The first-order chi connectivity index (χ1) is 15.0. The topological polar surface area (TPSA) is 49.4 Å². The third-order valence-corrected chi connectivity index (χ3v) is 6.48. The van der Waals surface area contributed by atoms with E-state index in [0.717, 1.165) is 29.7 Å². The van der Waals surface area contributed by atoms with Crippen LogP contribution in [0.4, 0.5) is 0 Å². The Morgan fingerprint density at radius 1 is 1.10 bits per heavy atom. The third kappa shape index (κ3) is 8.40. The second-order valence-electron chi connectivity index (χ2n) is 7.30. The van der Waals surface area contributed by atoms with Crippen LogP contribution >= 0.6 is 35.0 Å². The zero-order valence-corrected chi connectivity index (χ0v) is 20.4. The minimum atomic E-state index is -0.548. The molecule has 168 valence electrons. The van der Waals surface area contributed by atoms with E-state index in [9.17, 15) is 9.59 Å². The first-order valence-corrected chi connectivity index (χ1v) is 12.5. The van der Waals surface area contributed by atoms with Gasteiger partial charge in [-0.15, -0.1) is 11.8 Å². The summed E-state index contributed by atoms with van der Waals surface area (Å²) in [6, 6.07) is 14.7. The molecule has 0 aliphatic rings. The number of hydrogen-bond donors (Lipinski definition) is 1. The lowest BCUT2D eigenvalue weighted by atomic mass is 10.1. The lowest BCUT2D eigenvalue weighted by Crippen LogP contribution is -2.49. The molecule has 2 aromatic rings. The summed E-state index contributed by atoms with van der Waals surface area (Å²) in [6.07, 6.45) is 2.43. The zero-order chi connectivity index (χ0) is 22.6. The maximum atomic E-state index is 13.2. The predicted octanol–water partition coefficient (Wildman–Crippen LogP) is 5.95. The van der Waals surface area contributed by atoms with Crippen LogP contribution in [-0.2, 0) is 21.9 Å². The Balaban J connectivity index is 2.14. The lowest BCUT2D eigenvalue weighted by Gasteiger charge is -2.31. The molecule has 1 N–H and O–H groups in total. The number of benzene rings is 2. The van der Waals surface area contributed by atoms with Crippen molar-refractivity contribution >= 4 is 46.8 Å². The number of nitrogens with zero attached hydrogens (tertiary/aromatic N) is 1. The number of nitrogens with one attached hydrogen (secondary N) is 1. The molecular formula is C24H30Cl2N2O2S. The zero-order valence-electron chi connectivity index (χ0n) is 18.1. The maximum Gasteiger partial charge on any atom is 0.242 e. The molecule has 0 aliphatic carbocycles. The number of amides is 2. The van der Waals surface area contributed by atoms with Gasteiger partial charge >= 0.3 is 0 Å². The number of carbonyl (C=O) groups excluding carboxylic acids is 2. The fourth-order valence-corrected chi connectivity index (χ4v) is 4.51. The quantitative estimate of drug-likeness (QED) is 0.381. The Kier molecular flexibility index (Phi) is 11.3. The number of carbonyl (C=O) groups is 2. The van der Waals surface area contributed by atoms with Crippen LogP contribution in [-0.4, -0.2) is 35.1 Å². The molecule has 2 aromatic carbocycles. The van der Waals surface area contributed by atoms with Gasteiger partial charge in [-0.1, -0.05) is 79.9 Å². The normalized spacial score (nSPS) is 11.7. The van der Waals surface area contributed by atoms with E-state index in [1.165, 1.54) is 0 Å². The molecule has 0 saturated heterocycles. The van der Waals surface area contributed by atoms with Crippen molar-refractivity contribution in [2.24, 2.45) is 0 Å². The highest BCUT2D eigenvalue weighted by molar-refractivity contribution is 7.99. The molecule has 0 aromatic heterocycles. The van der Waals surface area contributed by atoms with Crippen LogP contribution in [0.3, 0.4) is 0 Å². The molecular weight excluding hydrogens is 451 g/mol. The molecule has 0 radical (unpaired) electrons. The van der Waals surface area contributed by atoms with Crippen LogP contribution in [0.15, 0.2) is 48.5 Å². The van der Waals surface area contributed by atoms with Gasteiger partial charge in [-0.25, -0.2) is 0 Å². The van der Waals surface area contributed by atoms with Gasteiger partial charge in [0.25, 0.3) is 0 Å². The summed E-state index contributed by atoms with van der Waals surface area (Å²) in [4.78, 5) is 27.7. The van der Waals surface area contributed by atoms with Crippen molar-refractivity contribution in [2.75, 3.05) is 12.3 Å². The van der Waals surface area contributed by atoms with E-state index < -0.39 is 6.04 Å². The van der Waals surface area contributed by atoms with Gasteiger partial charge in [-0.05, 0) is 36.1 Å². The number of rotatable bonds is 12. The van der Waals surface area contributed by atoms with Gasteiger partial charge in [0.05, 0.1) is 5.75 Å². The van der Waals surface area contributed by atoms with Crippen LogP contribution in [0.2, 0.25) is 10.0 Å². The molecule has 0 fully saturated rings. The SMILES string of the molecule is CCCCNC(=O)C(CC)N(Cc1ccc(Cl)cc1Cl)C(=O)CSCc1ccccc1. The highest BCUT2D eigenvalue weighted by atomic mass is 35.5. The van der Waals surface area contributed by atoms with Gasteiger partial charge in [0, 0.05) is 28.9 Å². The molecule has 0 bridgehead atoms. The summed E-state index contributed by atoms with van der Waals surface area (Å²) in [5, 5.41) is 3.99. The lowest BCUT2D eigenvalue weighted by molar-refractivity contribution is -0.139. The molecule has 1 unspecified atom stereocenters. The first-order valence-electron chi connectivity index (χ1n) is 10.6. The Morgan fingerprint density at radius 3 is 2.48 bits per heavy atom. The van der Waals surface area contributed by atoms with Gasteiger partial charge in [0.15, 0.2) is 0 Å². The standard InChI is InChI=1S/C24H30Cl2N2O2S/c1-3-5-13-27-24(30)22(4-2)28(15-19-11-12-20(25)14-21(19)26)23(29)17-31-16-18-9-7-6-8-10-18/h6-12,14,22H,3-5,13,15-17H2,1-2H3,(H,27,30). The molecule has 0 saturated carbocycles. The average molecular weight is 481 g/mol. The average Bonchev–Trinajstić information content (AvgIpc) is 2.76. The highest BCUT2D eigenvalue weighted by Gasteiger charge is 2.28.